The van der Waals surface area contributed by atoms with E-state index in [1.54, 1.807) is 12.1 Å². The first-order chi connectivity index (χ1) is 14.4. The third-order valence-electron chi connectivity index (χ3n) is 4.98. The van der Waals surface area contributed by atoms with Gasteiger partial charge in [-0.15, -0.1) is 0 Å². The van der Waals surface area contributed by atoms with E-state index in [1.807, 2.05) is 32.0 Å². The van der Waals surface area contributed by atoms with Gasteiger partial charge in [0.1, 0.15) is 5.82 Å². The monoisotopic (exact) mass is 423 g/mol. The van der Waals surface area contributed by atoms with Crippen LogP contribution in [0.25, 0.3) is 0 Å². The van der Waals surface area contributed by atoms with E-state index in [1.165, 1.54) is 12.1 Å². The number of benzene rings is 2. The molecule has 2 amide bonds. The van der Waals surface area contributed by atoms with Crippen molar-refractivity contribution in [2.45, 2.75) is 32.6 Å². The van der Waals surface area contributed by atoms with Crippen molar-refractivity contribution in [3.05, 3.63) is 75.6 Å². The van der Waals surface area contributed by atoms with Gasteiger partial charge in [-0.3, -0.25) is 9.59 Å². The second kappa shape index (κ2) is 9.59. The lowest BCUT2D eigenvalue weighted by molar-refractivity contribution is -0.121. The number of amides is 2. The highest BCUT2D eigenvalue weighted by Crippen LogP contribution is 2.36. The first kappa shape index (κ1) is 21.6. The minimum atomic E-state index is -0.460. The summed E-state index contributed by atoms with van der Waals surface area (Å²) in [6.45, 7) is 3.96. The molecule has 2 aromatic rings. The van der Waals surface area contributed by atoms with Crippen molar-refractivity contribution in [1.29, 1.82) is 5.26 Å². The van der Waals surface area contributed by atoms with Crippen molar-refractivity contribution in [3.63, 3.8) is 0 Å². The zero-order chi connectivity index (χ0) is 21.7. The van der Waals surface area contributed by atoms with E-state index >= 15 is 0 Å². The Morgan fingerprint density at radius 2 is 2.03 bits per heavy atom. The van der Waals surface area contributed by atoms with Crippen LogP contribution in [0.3, 0.4) is 0 Å². The Bertz CT molecular complexity index is 1040. The Labute approximate surface area is 179 Å². The maximum Gasteiger partial charge on any atom is 0.234 e. The quantitative estimate of drug-likeness (QED) is 0.721. The molecule has 0 aliphatic carbocycles. The minimum absolute atomic E-state index is 0.0500. The number of rotatable bonds is 6. The van der Waals surface area contributed by atoms with E-state index in [0.29, 0.717) is 16.2 Å². The zero-order valence-electron chi connectivity index (χ0n) is 16.8. The lowest BCUT2D eigenvalue weighted by Gasteiger charge is -2.25. The summed E-state index contributed by atoms with van der Waals surface area (Å²) in [6.07, 6.45) is 0.900. The molecule has 3 rings (SSSR count). The van der Waals surface area contributed by atoms with Gasteiger partial charge in [0.25, 0.3) is 0 Å². The molecule has 1 atom stereocenters. The highest BCUT2D eigenvalue weighted by molar-refractivity contribution is 8.03. The molecule has 154 valence electrons. The van der Waals surface area contributed by atoms with E-state index < -0.39 is 5.92 Å². The van der Waals surface area contributed by atoms with Crippen LogP contribution in [0, 0.1) is 24.1 Å². The Hall–Kier alpha value is -3.11. The summed E-state index contributed by atoms with van der Waals surface area (Å²) in [7, 11) is 0. The van der Waals surface area contributed by atoms with Gasteiger partial charge in [-0.25, -0.2) is 4.39 Å². The number of carbonyl (C=O) groups is 2. The number of hydrogen-bond acceptors (Lipinski definition) is 4. The van der Waals surface area contributed by atoms with Gasteiger partial charge in [-0.1, -0.05) is 49.0 Å². The van der Waals surface area contributed by atoms with E-state index in [4.69, 9.17) is 0 Å². The van der Waals surface area contributed by atoms with E-state index in [9.17, 15) is 19.2 Å². The number of thioether (sulfide) groups is 1. The number of allylic oxidation sites excluding steroid dienone is 1. The summed E-state index contributed by atoms with van der Waals surface area (Å²) in [5, 5.41) is 15.7. The molecule has 0 fully saturated rings. The summed E-state index contributed by atoms with van der Waals surface area (Å²) >= 11 is 1.12. The summed E-state index contributed by atoms with van der Waals surface area (Å²) in [6, 6.07) is 13.8. The van der Waals surface area contributed by atoms with Crippen LogP contribution >= 0.6 is 11.8 Å². The standard InChI is InChI=1S/C23H22FN3O2S/c1-3-15-6-4-5-14(2)22(15)26-21(29)13-30-23-19(12-25)18(11-20(28)27-23)16-7-9-17(24)10-8-16/h4-10,18H,3,11,13H2,1-2H3,(H,26,29)(H,27,28)/t18-/m0/s1. The van der Waals surface area contributed by atoms with Crippen molar-refractivity contribution in [2.75, 3.05) is 11.1 Å². The van der Waals surface area contributed by atoms with Crippen LogP contribution < -0.4 is 10.6 Å². The highest BCUT2D eigenvalue weighted by atomic mass is 32.2. The molecule has 2 aromatic carbocycles. The Morgan fingerprint density at radius 1 is 1.30 bits per heavy atom. The Kier molecular flexibility index (Phi) is 6.91. The van der Waals surface area contributed by atoms with Crippen LogP contribution in [-0.2, 0) is 16.0 Å². The topological polar surface area (TPSA) is 82.0 Å². The highest BCUT2D eigenvalue weighted by Gasteiger charge is 2.30. The summed E-state index contributed by atoms with van der Waals surface area (Å²) in [5.41, 5.74) is 3.90. The van der Waals surface area contributed by atoms with Gasteiger partial charge in [0, 0.05) is 18.0 Å². The lowest BCUT2D eigenvalue weighted by Crippen LogP contribution is -2.31. The summed E-state index contributed by atoms with van der Waals surface area (Å²) < 4.78 is 13.3. The van der Waals surface area contributed by atoms with Gasteiger partial charge >= 0.3 is 0 Å². The van der Waals surface area contributed by atoms with Gasteiger partial charge in [-0.05, 0) is 42.2 Å². The number of aryl methyl sites for hydroxylation is 2. The first-order valence-electron chi connectivity index (χ1n) is 9.63. The SMILES string of the molecule is CCc1cccc(C)c1NC(=O)CSC1=C(C#N)[C@H](c2ccc(F)cc2)CC(=O)N1. The third kappa shape index (κ3) is 4.89. The Morgan fingerprint density at radius 3 is 2.70 bits per heavy atom. The molecule has 1 aliphatic heterocycles. The molecule has 30 heavy (non-hydrogen) atoms. The molecular formula is C23H22FN3O2S. The molecule has 0 bridgehead atoms. The molecule has 1 aliphatic rings. The van der Waals surface area contributed by atoms with Crippen LogP contribution in [0.5, 0.6) is 0 Å². The van der Waals surface area contributed by atoms with Crippen LogP contribution in [-0.4, -0.2) is 17.6 Å². The normalized spacial score (nSPS) is 16.1. The number of carbonyl (C=O) groups excluding carboxylic acids is 2. The smallest absolute Gasteiger partial charge is 0.234 e. The van der Waals surface area contributed by atoms with Gasteiger partial charge < -0.3 is 10.6 Å². The Balaban J connectivity index is 1.77. The van der Waals surface area contributed by atoms with Gasteiger partial charge in [0.05, 0.1) is 22.4 Å². The fourth-order valence-electron chi connectivity index (χ4n) is 3.43. The second-order valence-corrected chi connectivity index (χ2v) is 8.00. The van der Waals surface area contributed by atoms with Gasteiger partial charge in [-0.2, -0.15) is 5.26 Å². The van der Waals surface area contributed by atoms with E-state index in [0.717, 1.165) is 35.0 Å². The number of halogens is 1. The van der Waals surface area contributed by atoms with Crippen molar-refractivity contribution in [1.82, 2.24) is 5.32 Å². The molecule has 0 unspecified atom stereocenters. The summed E-state index contributed by atoms with van der Waals surface area (Å²) in [5.74, 6) is -1.24. The maximum absolute atomic E-state index is 13.3. The average molecular weight is 424 g/mol. The van der Waals surface area contributed by atoms with E-state index in [-0.39, 0.29) is 29.8 Å². The van der Waals surface area contributed by atoms with Crippen molar-refractivity contribution < 1.29 is 14.0 Å². The maximum atomic E-state index is 13.3. The number of hydrogen-bond donors (Lipinski definition) is 2. The van der Waals surface area contributed by atoms with Gasteiger partial charge in [0.2, 0.25) is 11.8 Å². The molecule has 5 nitrogen and oxygen atoms in total. The second-order valence-electron chi connectivity index (χ2n) is 7.01. The van der Waals surface area contributed by atoms with Crippen LogP contribution in [0.4, 0.5) is 10.1 Å². The number of anilines is 1. The fourth-order valence-corrected chi connectivity index (χ4v) is 4.31. The average Bonchev–Trinajstić information content (AvgIpc) is 2.73. The van der Waals surface area contributed by atoms with Crippen LogP contribution in [0.2, 0.25) is 0 Å². The molecule has 1 heterocycles. The van der Waals surface area contributed by atoms with E-state index in [2.05, 4.69) is 16.7 Å². The van der Waals surface area contributed by atoms with Gasteiger partial charge in [0.15, 0.2) is 0 Å². The molecule has 0 radical (unpaired) electrons. The number of nitrogens with zero attached hydrogens (tertiary/aromatic N) is 1. The molecule has 0 saturated heterocycles. The van der Waals surface area contributed by atoms with Crippen molar-refractivity contribution >= 4 is 29.3 Å². The number of nitriles is 1. The molecular weight excluding hydrogens is 401 g/mol. The first-order valence-corrected chi connectivity index (χ1v) is 10.6. The van der Waals surface area contributed by atoms with Crippen molar-refractivity contribution in [2.24, 2.45) is 0 Å². The minimum Gasteiger partial charge on any atom is -0.325 e. The number of nitrogens with one attached hydrogen (secondary N) is 2. The lowest BCUT2D eigenvalue weighted by atomic mass is 9.87. The molecule has 0 aromatic heterocycles. The fraction of sp³-hybridized carbons (Fsp3) is 0.261. The van der Waals surface area contributed by atoms with Crippen LogP contribution in [0.1, 0.15) is 36.0 Å². The molecule has 0 saturated carbocycles. The number of para-hydroxylation sites is 1. The molecule has 2 N–H and O–H groups in total. The van der Waals surface area contributed by atoms with Crippen LogP contribution in [0.15, 0.2) is 53.1 Å². The van der Waals surface area contributed by atoms with Crippen molar-refractivity contribution in [3.8, 4) is 6.07 Å². The molecule has 0 spiro atoms. The zero-order valence-corrected chi connectivity index (χ0v) is 17.6. The largest absolute Gasteiger partial charge is 0.325 e. The summed E-state index contributed by atoms with van der Waals surface area (Å²) in [4.78, 5) is 24.8. The molecule has 7 heteroatoms. The predicted molar refractivity (Wildman–Crippen MR) is 116 cm³/mol. The predicted octanol–water partition coefficient (Wildman–Crippen LogP) is 4.41. The third-order valence-corrected chi connectivity index (χ3v) is 6.00.